The largest absolute Gasteiger partial charge is 0.469 e. The van der Waals surface area contributed by atoms with Crippen LogP contribution in [0.1, 0.15) is 41.7 Å². The van der Waals surface area contributed by atoms with Crippen LogP contribution in [-0.2, 0) is 22.0 Å². The minimum absolute atomic E-state index is 0.141. The molecular weight excluding hydrogens is 372 g/mol. The third kappa shape index (κ3) is 4.91. The molecule has 0 aliphatic carbocycles. The fraction of sp³-hybridized carbons (Fsp3) is 0.304. The van der Waals surface area contributed by atoms with Gasteiger partial charge < -0.3 is 9.52 Å². The van der Waals surface area contributed by atoms with E-state index >= 15 is 0 Å². The predicted octanol–water partition coefficient (Wildman–Crippen LogP) is 4.66. The van der Waals surface area contributed by atoms with E-state index < -0.39 is 15.9 Å². The molecule has 4 nitrogen and oxygen atoms in total. The van der Waals surface area contributed by atoms with Crippen LogP contribution < -0.4 is 0 Å². The van der Waals surface area contributed by atoms with Gasteiger partial charge in [-0.2, -0.15) is 0 Å². The van der Waals surface area contributed by atoms with Crippen LogP contribution in [0.2, 0.25) is 0 Å². The minimum atomic E-state index is -3.48. The number of aliphatic hydroxyl groups excluding tert-OH is 1. The van der Waals surface area contributed by atoms with Crippen molar-refractivity contribution in [2.24, 2.45) is 0 Å². The van der Waals surface area contributed by atoms with Crippen LogP contribution in [0.25, 0.3) is 0 Å². The molecule has 3 rings (SSSR count). The summed E-state index contributed by atoms with van der Waals surface area (Å²) in [5.74, 6) is 0.107. The molecule has 0 spiro atoms. The first-order valence-electron chi connectivity index (χ1n) is 9.44. The second-order valence-corrected chi connectivity index (χ2v) is 9.25. The molecule has 0 radical (unpaired) electrons. The summed E-state index contributed by atoms with van der Waals surface area (Å²) >= 11 is 0. The summed E-state index contributed by atoms with van der Waals surface area (Å²) in [6.45, 7) is 3.79. The Kier molecular flexibility index (Phi) is 6.37. The molecule has 0 saturated heterocycles. The van der Waals surface area contributed by atoms with Gasteiger partial charge in [-0.15, -0.1) is 0 Å². The zero-order valence-corrected chi connectivity index (χ0v) is 17.0. The van der Waals surface area contributed by atoms with Gasteiger partial charge in [-0.05, 0) is 43.5 Å². The summed E-state index contributed by atoms with van der Waals surface area (Å²) in [6.07, 6.45) is 2.21. The maximum absolute atomic E-state index is 12.8. The van der Waals surface area contributed by atoms with Crippen LogP contribution in [-0.4, -0.2) is 19.6 Å². The second kappa shape index (κ2) is 8.76. The lowest BCUT2D eigenvalue weighted by Gasteiger charge is -2.18. The topological polar surface area (TPSA) is 67.5 Å². The number of furan rings is 1. The zero-order chi connectivity index (χ0) is 20.1. The lowest BCUT2D eigenvalue weighted by molar-refractivity contribution is 0.130. The van der Waals surface area contributed by atoms with Crippen molar-refractivity contribution >= 4 is 9.84 Å². The SMILES string of the molecule is Cc1ccc(S(=O)(=O)Cc2ccoc2[C@@H](C)[C@H](O)CCc2ccccc2)cc1. The Bertz CT molecular complexity index is 989. The molecule has 3 aromatic rings. The van der Waals surface area contributed by atoms with Crippen LogP contribution in [0.5, 0.6) is 0 Å². The van der Waals surface area contributed by atoms with Crippen molar-refractivity contribution in [1.29, 1.82) is 0 Å². The Morgan fingerprint density at radius 1 is 1.00 bits per heavy atom. The summed E-state index contributed by atoms with van der Waals surface area (Å²) in [6, 6.07) is 18.5. The third-order valence-electron chi connectivity index (χ3n) is 5.07. The van der Waals surface area contributed by atoms with Gasteiger partial charge in [0.05, 0.1) is 23.0 Å². The number of aliphatic hydroxyl groups is 1. The lowest BCUT2D eigenvalue weighted by atomic mass is 9.94. The maximum Gasteiger partial charge on any atom is 0.182 e. The molecule has 1 aromatic heterocycles. The van der Waals surface area contributed by atoms with E-state index in [0.717, 1.165) is 17.5 Å². The zero-order valence-electron chi connectivity index (χ0n) is 16.2. The number of benzene rings is 2. The molecule has 0 saturated carbocycles. The van der Waals surface area contributed by atoms with Crippen LogP contribution in [0.3, 0.4) is 0 Å². The van der Waals surface area contributed by atoms with Gasteiger partial charge in [-0.25, -0.2) is 8.42 Å². The van der Waals surface area contributed by atoms with E-state index in [4.69, 9.17) is 4.42 Å². The van der Waals surface area contributed by atoms with Gasteiger partial charge in [0.15, 0.2) is 9.84 Å². The Balaban J connectivity index is 1.70. The van der Waals surface area contributed by atoms with Gasteiger partial charge >= 0.3 is 0 Å². The van der Waals surface area contributed by atoms with Crippen molar-refractivity contribution in [3.05, 3.63) is 89.4 Å². The quantitative estimate of drug-likeness (QED) is 0.599. The first kappa shape index (κ1) is 20.4. The lowest BCUT2D eigenvalue weighted by Crippen LogP contribution is -2.18. The Morgan fingerprint density at radius 2 is 1.68 bits per heavy atom. The van der Waals surface area contributed by atoms with Crippen molar-refractivity contribution in [2.45, 2.75) is 49.4 Å². The Hall–Kier alpha value is -2.37. The van der Waals surface area contributed by atoms with Gasteiger partial charge in [-0.1, -0.05) is 55.0 Å². The van der Waals surface area contributed by atoms with Crippen LogP contribution in [0.15, 0.2) is 76.2 Å². The first-order chi connectivity index (χ1) is 13.4. The molecule has 0 amide bonds. The van der Waals surface area contributed by atoms with Crippen molar-refractivity contribution in [2.75, 3.05) is 0 Å². The molecule has 0 bridgehead atoms. The van der Waals surface area contributed by atoms with Crippen molar-refractivity contribution in [3.63, 3.8) is 0 Å². The highest BCUT2D eigenvalue weighted by molar-refractivity contribution is 7.90. The van der Waals surface area contributed by atoms with Gasteiger partial charge in [0, 0.05) is 11.5 Å². The van der Waals surface area contributed by atoms with Gasteiger partial charge in [0.25, 0.3) is 0 Å². The third-order valence-corrected chi connectivity index (χ3v) is 6.75. The van der Waals surface area contributed by atoms with E-state index in [0.29, 0.717) is 22.6 Å². The number of rotatable bonds is 8. The van der Waals surface area contributed by atoms with Crippen LogP contribution in [0, 0.1) is 6.92 Å². The molecule has 1 N–H and O–H groups in total. The standard InChI is InChI=1S/C23H26O4S/c1-17-8-11-21(12-9-17)28(25,26)16-20-14-15-27-23(20)18(2)22(24)13-10-19-6-4-3-5-7-19/h3-9,11-12,14-15,18,22,24H,10,13,16H2,1-2H3/t18-,22+/m0/s1. The van der Waals surface area contributed by atoms with Crippen LogP contribution in [0.4, 0.5) is 0 Å². The molecular formula is C23H26O4S. The summed E-state index contributed by atoms with van der Waals surface area (Å²) in [5.41, 5.74) is 2.78. The molecule has 0 unspecified atom stereocenters. The first-order valence-corrected chi connectivity index (χ1v) is 11.1. The molecule has 2 atom stereocenters. The van der Waals surface area contributed by atoms with E-state index in [9.17, 15) is 13.5 Å². The van der Waals surface area contributed by atoms with Gasteiger partial charge in [-0.3, -0.25) is 0 Å². The predicted molar refractivity (Wildman–Crippen MR) is 110 cm³/mol. The maximum atomic E-state index is 12.8. The molecule has 0 fully saturated rings. The monoisotopic (exact) mass is 398 g/mol. The molecule has 1 heterocycles. The summed E-state index contributed by atoms with van der Waals surface area (Å²) in [7, 11) is -3.48. The van der Waals surface area contributed by atoms with Crippen molar-refractivity contribution < 1.29 is 17.9 Å². The molecule has 0 aliphatic heterocycles. The Labute approximate surface area is 166 Å². The molecule has 0 aliphatic rings. The average molecular weight is 399 g/mol. The second-order valence-electron chi connectivity index (χ2n) is 7.26. The molecule has 148 valence electrons. The number of sulfone groups is 1. The minimum Gasteiger partial charge on any atom is -0.469 e. The van der Waals surface area contributed by atoms with Gasteiger partial charge in [0.1, 0.15) is 5.76 Å². The fourth-order valence-electron chi connectivity index (χ4n) is 3.28. The summed E-state index contributed by atoms with van der Waals surface area (Å²) in [5, 5.41) is 10.6. The summed E-state index contributed by atoms with van der Waals surface area (Å²) < 4.78 is 31.1. The van der Waals surface area contributed by atoms with Crippen LogP contribution >= 0.6 is 0 Å². The van der Waals surface area contributed by atoms with E-state index in [1.54, 1.807) is 30.3 Å². The highest BCUT2D eigenvalue weighted by Gasteiger charge is 2.25. The number of aryl methyl sites for hydroxylation is 2. The van der Waals surface area contributed by atoms with Crippen molar-refractivity contribution in [3.8, 4) is 0 Å². The van der Waals surface area contributed by atoms with E-state index in [1.807, 2.05) is 44.2 Å². The fourth-order valence-corrected chi connectivity index (χ4v) is 4.65. The number of hydrogen-bond donors (Lipinski definition) is 1. The molecule has 28 heavy (non-hydrogen) atoms. The highest BCUT2D eigenvalue weighted by atomic mass is 32.2. The highest BCUT2D eigenvalue weighted by Crippen LogP contribution is 2.29. The smallest absolute Gasteiger partial charge is 0.182 e. The van der Waals surface area contributed by atoms with Crippen molar-refractivity contribution in [1.82, 2.24) is 0 Å². The van der Waals surface area contributed by atoms with E-state index in [1.165, 1.54) is 6.26 Å². The Morgan fingerprint density at radius 3 is 2.36 bits per heavy atom. The molecule has 5 heteroatoms. The summed E-state index contributed by atoms with van der Waals surface area (Å²) in [4.78, 5) is 0.294. The normalized spacial score (nSPS) is 14.0. The average Bonchev–Trinajstić information content (AvgIpc) is 3.14. The van der Waals surface area contributed by atoms with Gasteiger partial charge in [0.2, 0.25) is 0 Å². The molecule has 2 aromatic carbocycles. The number of hydrogen-bond acceptors (Lipinski definition) is 4. The van der Waals surface area contributed by atoms with E-state index in [-0.39, 0.29) is 11.7 Å². The van der Waals surface area contributed by atoms with E-state index in [2.05, 4.69) is 0 Å².